The number of alkyl carbamates (subject to hydrolysis) is 1. The number of benzene rings is 1. The van der Waals surface area contributed by atoms with Crippen molar-refractivity contribution in [2.45, 2.75) is 31.3 Å². The van der Waals surface area contributed by atoms with Gasteiger partial charge in [0.2, 0.25) is 10.0 Å². The summed E-state index contributed by atoms with van der Waals surface area (Å²) in [6.45, 7) is 6.23. The summed E-state index contributed by atoms with van der Waals surface area (Å²) in [5.41, 5.74) is -0.545. The Kier molecular flexibility index (Phi) is 8.14. The highest BCUT2D eigenvalue weighted by atomic mass is 79.9. The molecule has 1 aromatic carbocycles. The van der Waals surface area contributed by atoms with Crippen LogP contribution in [0.4, 0.5) is 4.79 Å². The molecule has 0 fully saturated rings. The van der Waals surface area contributed by atoms with E-state index in [4.69, 9.17) is 9.47 Å². The Hall–Kier alpha value is -1.16. The Bertz CT molecular complexity index is 626. The molecule has 2 N–H and O–H groups in total. The molecule has 136 valence electrons. The molecule has 0 aliphatic carbocycles. The first-order valence-electron chi connectivity index (χ1n) is 7.40. The third-order valence-electron chi connectivity index (χ3n) is 2.58. The fourth-order valence-corrected chi connectivity index (χ4v) is 2.86. The summed E-state index contributed by atoms with van der Waals surface area (Å²) >= 11 is 3.25. The van der Waals surface area contributed by atoms with Crippen LogP contribution in [0.5, 0.6) is 0 Å². The molecule has 0 atom stereocenters. The molecule has 0 spiro atoms. The van der Waals surface area contributed by atoms with Crippen LogP contribution in [-0.2, 0) is 19.5 Å². The second-order valence-electron chi connectivity index (χ2n) is 5.89. The van der Waals surface area contributed by atoms with Gasteiger partial charge in [0.05, 0.1) is 18.1 Å². The molecular weight excluding hydrogens is 400 g/mol. The van der Waals surface area contributed by atoms with Gasteiger partial charge in [0.1, 0.15) is 5.60 Å². The van der Waals surface area contributed by atoms with Crippen molar-refractivity contribution in [3.05, 3.63) is 28.7 Å². The minimum absolute atomic E-state index is 0.144. The van der Waals surface area contributed by atoms with E-state index in [1.165, 1.54) is 12.1 Å². The van der Waals surface area contributed by atoms with Gasteiger partial charge in [-0.05, 0) is 45.0 Å². The van der Waals surface area contributed by atoms with Crippen LogP contribution in [0.15, 0.2) is 33.6 Å². The molecule has 1 rings (SSSR count). The van der Waals surface area contributed by atoms with E-state index in [0.29, 0.717) is 0 Å². The van der Waals surface area contributed by atoms with E-state index < -0.39 is 21.7 Å². The van der Waals surface area contributed by atoms with Crippen molar-refractivity contribution in [2.75, 3.05) is 26.3 Å². The summed E-state index contributed by atoms with van der Waals surface area (Å²) in [6, 6.07) is 6.34. The van der Waals surface area contributed by atoms with E-state index in [1.807, 2.05) is 0 Å². The van der Waals surface area contributed by atoms with E-state index in [9.17, 15) is 13.2 Å². The van der Waals surface area contributed by atoms with Crippen LogP contribution in [0, 0.1) is 0 Å². The molecule has 9 heteroatoms. The Morgan fingerprint density at radius 1 is 1.12 bits per heavy atom. The second-order valence-corrected chi connectivity index (χ2v) is 8.58. The SMILES string of the molecule is CC(C)(C)OC(=O)NCCOCCNS(=O)(=O)c1ccc(Br)cc1. The van der Waals surface area contributed by atoms with Crippen LogP contribution >= 0.6 is 15.9 Å². The Balaban J connectivity index is 2.18. The lowest BCUT2D eigenvalue weighted by atomic mass is 10.2. The van der Waals surface area contributed by atoms with E-state index >= 15 is 0 Å². The summed E-state index contributed by atoms with van der Waals surface area (Å²) in [6.07, 6.45) is -0.512. The molecule has 0 aliphatic heterocycles. The number of hydrogen-bond donors (Lipinski definition) is 2. The molecule has 0 heterocycles. The van der Waals surface area contributed by atoms with Gasteiger partial charge in [0, 0.05) is 17.6 Å². The van der Waals surface area contributed by atoms with Gasteiger partial charge in [0.25, 0.3) is 0 Å². The first kappa shape index (κ1) is 20.9. The van der Waals surface area contributed by atoms with E-state index in [1.54, 1.807) is 32.9 Å². The maximum Gasteiger partial charge on any atom is 0.407 e. The van der Waals surface area contributed by atoms with Gasteiger partial charge in [0.15, 0.2) is 0 Å². The Morgan fingerprint density at radius 3 is 2.29 bits per heavy atom. The van der Waals surface area contributed by atoms with Crippen molar-refractivity contribution in [1.82, 2.24) is 10.0 Å². The summed E-state index contributed by atoms with van der Waals surface area (Å²) in [4.78, 5) is 11.6. The molecular formula is C15H23BrN2O5S. The lowest BCUT2D eigenvalue weighted by Crippen LogP contribution is -2.34. The van der Waals surface area contributed by atoms with Crippen molar-refractivity contribution >= 4 is 32.0 Å². The number of sulfonamides is 1. The van der Waals surface area contributed by atoms with Crippen molar-refractivity contribution in [3.8, 4) is 0 Å². The number of ether oxygens (including phenoxy) is 2. The summed E-state index contributed by atoms with van der Waals surface area (Å²) in [5.74, 6) is 0. The minimum Gasteiger partial charge on any atom is -0.444 e. The van der Waals surface area contributed by atoms with Crippen LogP contribution in [0.1, 0.15) is 20.8 Å². The van der Waals surface area contributed by atoms with Crippen molar-refractivity contribution < 1.29 is 22.7 Å². The molecule has 0 saturated heterocycles. The van der Waals surface area contributed by atoms with Crippen LogP contribution in [0.2, 0.25) is 0 Å². The molecule has 0 saturated carbocycles. The van der Waals surface area contributed by atoms with E-state index in [-0.39, 0.29) is 31.2 Å². The normalized spacial score (nSPS) is 12.0. The third kappa shape index (κ3) is 8.62. The standard InChI is InChI=1S/C15H23BrN2O5S/c1-15(2,3)23-14(19)17-8-10-22-11-9-18-24(20,21)13-6-4-12(16)5-7-13/h4-7,18H,8-11H2,1-3H3,(H,17,19). The number of carbonyl (C=O) groups is 1. The highest BCUT2D eigenvalue weighted by Crippen LogP contribution is 2.14. The molecule has 0 unspecified atom stereocenters. The molecule has 0 bridgehead atoms. The quantitative estimate of drug-likeness (QED) is 0.626. The molecule has 7 nitrogen and oxygen atoms in total. The molecule has 24 heavy (non-hydrogen) atoms. The van der Waals surface area contributed by atoms with Crippen molar-refractivity contribution in [2.24, 2.45) is 0 Å². The van der Waals surface area contributed by atoms with Gasteiger partial charge in [-0.15, -0.1) is 0 Å². The zero-order chi connectivity index (χ0) is 18.2. The van der Waals surface area contributed by atoms with Crippen LogP contribution in [-0.4, -0.2) is 46.4 Å². The van der Waals surface area contributed by atoms with Crippen LogP contribution in [0.25, 0.3) is 0 Å². The molecule has 1 aromatic rings. The Morgan fingerprint density at radius 2 is 1.71 bits per heavy atom. The van der Waals surface area contributed by atoms with Gasteiger partial charge < -0.3 is 14.8 Å². The van der Waals surface area contributed by atoms with Gasteiger partial charge in [-0.25, -0.2) is 17.9 Å². The summed E-state index contributed by atoms with van der Waals surface area (Å²) < 4.78 is 37.6. The van der Waals surface area contributed by atoms with Gasteiger partial charge >= 0.3 is 6.09 Å². The highest BCUT2D eigenvalue weighted by Gasteiger charge is 2.15. The van der Waals surface area contributed by atoms with Crippen LogP contribution in [0.3, 0.4) is 0 Å². The zero-order valence-electron chi connectivity index (χ0n) is 14.0. The van der Waals surface area contributed by atoms with Gasteiger partial charge in [-0.3, -0.25) is 0 Å². The number of hydrogen-bond acceptors (Lipinski definition) is 5. The minimum atomic E-state index is -3.54. The van der Waals surface area contributed by atoms with E-state index in [0.717, 1.165) is 4.47 Å². The molecule has 0 aromatic heterocycles. The lowest BCUT2D eigenvalue weighted by Gasteiger charge is -2.19. The lowest BCUT2D eigenvalue weighted by molar-refractivity contribution is 0.0501. The second kappa shape index (κ2) is 9.36. The zero-order valence-corrected chi connectivity index (χ0v) is 16.4. The van der Waals surface area contributed by atoms with Crippen molar-refractivity contribution in [1.29, 1.82) is 0 Å². The highest BCUT2D eigenvalue weighted by molar-refractivity contribution is 9.10. The fraction of sp³-hybridized carbons (Fsp3) is 0.533. The topological polar surface area (TPSA) is 93.7 Å². The summed E-state index contributed by atoms with van der Waals surface area (Å²) in [5, 5.41) is 2.55. The monoisotopic (exact) mass is 422 g/mol. The number of halogens is 1. The smallest absolute Gasteiger partial charge is 0.407 e. The fourth-order valence-electron chi connectivity index (χ4n) is 1.59. The average Bonchev–Trinajstić information content (AvgIpc) is 2.44. The average molecular weight is 423 g/mol. The summed E-state index contributed by atoms with van der Waals surface area (Å²) in [7, 11) is -3.54. The first-order valence-corrected chi connectivity index (χ1v) is 9.67. The first-order chi connectivity index (χ1) is 11.1. The molecule has 0 aliphatic rings. The predicted octanol–water partition coefficient (Wildman–Crippen LogP) is 2.27. The Labute approximate surface area is 151 Å². The molecule has 0 radical (unpaired) electrons. The third-order valence-corrected chi connectivity index (χ3v) is 4.58. The largest absolute Gasteiger partial charge is 0.444 e. The van der Waals surface area contributed by atoms with Gasteiger partial charge in [-0.2, -0.15) is 0 Å². The molecule has 1 amide bonds. The number of rotatable bonds is 8. The van der Waals surface area contributed by atoms with Gasteiger partial charge in [-0.1, -0.05) is 15.9 Å². The maximum atomic E-state index is 12.0. The number of nitrogens with one attached hydrogen (secondary N) is 2. The number of carbonyl (C=O) groups excluding carboxylic acids is 1. The van der Waals surface area contributed by atoms with Crippen molar-refractivity contribution in [3.63, 3.8) is 0 Å². The van der Waals surface area contributed by atoms with Crippen LogP contribution < -0.4 is 10.0 Å². The van der Waals surface area contributed by atoms with E-state index in [2.05, 4.69) is 26.0 Å². The predicted molar refractivity (Wildman–Crippen MR) is 94.4 cm³/mol. The maximum absolute atomic E-state index is 12.0. The number of amides is 1.